The molecule has 15 heteroatoms. The number of anilines is 4. The van der Waals surface area contributed by atoms with E-state index in [9.17, 15) is 14.7 Å². The van der Waals surface area contributed by atoms with Crippen LogP contribution in [0.25, 0.3) is 11.4 Å². The fraction of sp³-hybridized carbons (Fsp3) is 0.304. The first-order valence-electron chi connectivity index (χ1n) is 11.8. The highest BCUT2D eigenvalue weighted by molar-refractivity contribution is 7.17. The number of benzene rings is 1. The molecule has 194 valence electrons. The predicted octanol–water partition coefficient (Wildman–Crippen LogP) is 1.79. The van der Waals surface area contributed by atoms with E-state index in [4.69, 9.17) is 9.72 Å². The first-order valence-corrected chi connectivity index (χ1v) is 12.6. The summed E-state index contributed by atoms with van der Waals surface area (Å²) in [5, 5.41) is 26.8. The highest BCUT2D eigenvalue weighted by atomic mass is 32.1. The van der Waals surface area contributed by atoms with Gasteiger partial charge in [-0.1, -0.05) is 35.6 Å². The topological polar surface area (TPSA) is 175 Å². The second-order valence-corrected chi connectivity index (χ2v) is 9.72. The zero-order chi connectivity index (χ0) is 26.2. The number of carboxylic acid groups (broad SMARTS) is 1. The minimum Gasteiger partial charge on any atom is -0.477 e. The van der Waals surface area contributed by atoms with Crippen LogP contribution in [0.5, 0.6) is 0 Å². The largest absolute Gasteiger partial charge is 0.477 e. The lowest BCUT2D eigenvalue weighted by atomic mass is 10.1. The first kappa shape index (κ1) is 23.9. The summed E-state index contributed by atoms with van der Waals surface area (Å²) in [4.78, 5) is 42.3. The fourth-order valence-electron chi connectivity index (χ4n) is 4.43. The third-order valence-corrected chi connectivity index (χ3v) is 7.33. The third-order valence-electron chi connectivity index (χ3n) is 6.27. The molecule has 1 saturated heterocycles. The number of thiazole rings is 1. The number of aromatic amines is 1. The second-order valence-electron chi connectivity index (χ2n) is 8.73. The summed E-state index contributed by atoms with van der Waals surface area (Å²) >= 11 is 1.01. The van der Waals surface area contributed by atoms with E-state index in [-0.39, 0.29) is 23.2 Å². The Morgan fingerprint density at radius 1 is 1.16 bits per heavy atom. The molecule has 6 rings (SSSR count). The number of nitrogens with one attached hydrogen (secondary N) is 2. The van der Waals surface area contributed by atoms with Gasteiger partial charge in [0.05, 0.1) is 31.9 Å². The van der Waals surface area contributed by atoms with Crippen LogP contribution >= 0.6 is 11.3 Å². The van der Waals surface area contributed by atoms with Gasteiger partial charge in [-0.05, 0) is 17.7 Å². The number of amides is 1. The Hall–Kier alpha value is -4.50. The Bertz CT molecular complexity index is 1500. The number of aromatic carboxylic acids is 1. The zero-order valence-corrected chi connectivity index (χ0v) is 21.0. The van der Waals surface area contributed by atoms with Crippen molar-refractivity contribution in [1.82, 2.24) is 35.6 Å². The molecule has 0 aliphatic carbocycles. The Morgan fingerprint density at radius 3 is 2.61 bits per heavy atom. The van der Waals surface area contributed by atoms with E-state index in [1.54, 1.807) is 11.8 Å². The summed E-state index contributed by atoms with van der Waals surface area (Å²) in [5.41, 5.74) is 2.87. The van der Waals surface area contributed by atoms with Crippen molar-refractivity contribution < 1.29 is 19.4 Å². The van der Waals surface area contributed by atoms with Gasteiger partial charge < -0.3 is 14.7 Å². The highest BCUT2D eigenvalue weighted by Crippen LogP contribution is 2.37. The molecule has 3 aromatic heterocycles. The van der Waals surface area contributed by atoms with Gasteiger partial charge in [0.25, 0.3) is 0 Å². The molecule has 0 radical (unpaired) electrons. The molecule has 4 aromatic rings. The van der Waals surface area contributed by atoms with Crippen molar-refractivity contribution in [3.05, 3.63) is 46.0 Å². The molecule has 1 amide bonds. The number of aromatic nitrogens is 7. The molecule has 0 unspecified atom stereocenters. The third kappa shape index (κ3) is 4.52. The maximum Gasteiger partial charge on any atom is 0.347 e. The van der Waals surface area contributed by atoms with Gasteiger partial charge in [-0.25, -0.2) is 9.78 Å². The fourth-order valence-corrected chi connectivity index (χ4v) is 5.23. The van der Waals surface area contributed by atoms with Crippen molar-refractivity contribution in [2.45, 2.75) is 19.9 Å². The summed E-state index contributed by atoms with van der Waals surface area (Å²) < 4.78 is 5.51. The van der Waals surface area contributed by atoms with Crippen LogP contribution in [0.1, 0.15) is 26.5 Å². The summed E-state index contributed by atoms with van der Waals surface area (Å²) in [7, 11) is 0. The molecule has 38 heavy (non-hydrogen) atoms. The smallest absolute Gasteiger partial charge is 0.347 e. The van der Waals surface area contributed by atoms with Crippen LogP contribution in [0.3, 0.4) is 0 Å². The Morgan fingerprint density at radius 2 is 1.92 bits per heavy atom. The van der Waals surface area contributed by atoms with Crippen molar-refractivity contribution in [3.8, 4) is 11.4 Å². The lowest BCUT2D eigenvalue weighted by Crippen LogP contribution is -2.37. The lowest BCUT2D eigenvalue weighted by molar-refractivity contribution is -0.117. The van der Waals surface area contributed by atoms with Gasteiger partial charge in [0.1, 0.15) is 16.5 Å². The van der Waals surface area contributed by atoms with Gasteiger partial charge >= 0.3 is 5.97 Å². The van der Waals surface area contributed by atoms with E-state index in [2.05, 4.69) is 40.8 Å². The zero-order valence-electron chi connectivity index (χ0n) is 20.2. The minimum absolute atomic E-state index is 0.0820. The quantitative estimate of drug-likeness (QED) is 0.314. The number of hydrogen-bond donors (Lipinski definition) is 3. The van der Waals surface area contributed by atoms with Gasteiger partial charge in [0, 0.05) is 24.2 Å². The van der Waals surface area contributed by atoms with Gasteiger partial charge in [-0.2, -0.15) is 15.2 Å². The number of H-pyrrole nitrogens is 1. The maximum absolute atomic E-state index is 13.2. The standard InChI is InChI=1S/C23H22N10O4S/c1-12-17(21(35)36)38-23(24-12)27-22-25-19(32-6-8-37-9-7-32)15-10-16(34)33(20(15)26-22)11-13-2-4-14(5-3-13)18-28-30-31-29-18/h2-5H,6-11H2,1H3,(H,35,36)(H,24,25,26,27)(H,28,29,30,31). The number of carboxylic acids is 1. The van der Waals surface area contributed by atoms with Crippen LogP contribution in [0.4, 0.5) is 22.7 Å². The average molecular weight is 535 g/mol. The molecule has 1 aromatic carbocycles. The van der Waals surface area contributed by atoms with Crippen LogP contribution < -0.4 is 15.1 Å². The molecular formula is C23H22N10O4S. The molecule has 14 nitrogen and oxygen atoms in total. The molecule has 0 atom stereocenters. The highest BCUT2D eigenvalue weighted by Gasteiger charge is 2.34. The molecule has 0 spiro atoms. The van der Waals surface area contributed by atoms with E-state index in [0.717, 1.165) is 28.0 Å². The molecule has 3 N–H and O–H groups in total. The van der Waals surface area contributed by atoms with Crippen LogP contribution in [-0.2, 0) is 22.5 Å². The summed E-state index contributed by atoms with van der Waals surface area (Å²) in [6.07, 6.45) is 0.183. The van der Waals surface area contributed by atoms with E-state index in [0.29, 0.717) is 61.1 Å². The van der Waals surface area contributed by atoms with E-state index in [1.165, 1.54) is 0 Å². The molecule has 2 aliphatic heterocycles. The van der Waals surface area contributed by atoms with Gasteiger partial charge in [0.15, 0.2) is 5.13 Å². The molecule has 5 heterocycles. The second kappa shape index (κ2) is 9.75. The van der Waals surface area contributed by atoms with Crippen LogP contribution in [0.15, 0.2) is 24.3 Å². The van der Waals surface area contributed by atoms with Crippen molar-refractivity contribution >= 4 is 45.9 Å². The van der Waals surface area contributed by atoms with E-state index >= 15 is 0 Å². The molecular weight excluding hydrogens is 512 g/mol. The van der Waals surface area contributed by atoms with Gasteiger partial charge in [0.2, 0.25) is 17.7 Å². The number of nitrogens with zero attached hydrogens (tertiary/aromatic N) is 8. The molecule has 0 saturated carbocycles. The Labute approximate surface area is 219 Å². The number of aryl methyl sites for hydroxylation is 1. The summed E-state index contributed by atoms with van der Waals surface area (Å²) in [5.74, 6) is 0.781. The molecule has 2 aliphatic rings. The number of fused-ring (bicyclic) bond motifs is 1. The maximum atomic E-state index is 13.2. The lowest BCUT2D eigenvalue weighted by Gasteiger charge is -2.29. The number of carbonyl (C=O) groups excluding carboxylic acids is 1. The van der Waals surface area contributed by atoms with Crippen LogP contribution in [-0.4, -0.2) is 78.9 Å². The predicted molar refractivity (Wildman–Crippen MR) is 137 cm³/mol. The Balaban J connectivity index is 1.34. The minimum atomic E-state index is -1.04. The number of morpholine rings is 1. The summed E-state index contributed by atoms with van der Waals surface area (Å²) in [6.45, 7) is 4.33. The Kier molecular flexibility index (Phi) is 6.13. The number of ether oxygens (including phenoxy) is 1. The number of hydrogen-bond acceptors (Lipinski definition) is 12. The van der Waals surface area contributed by atoms with E-state index in [1.807, 2.05) is 24.3 Å². The molecule has 0 bridgehead atoms. The summed E-state index contributed by atoms with van der Waals surface area (Å²) in [6, 6.07) is 7.56. The van der Waals surface area contributed by atoms with Crippen molar-refractivity contribution in [2.24, 2.45) is 0 Å². The SMILES string of the molecule is Cc1nc(Nc2nc(N3CCOCC3)c3c(n2)N(Cc2ccc(-c4nn[nH]n4)cc2)C(=O)C3)sc1C(=O)O. The monoisotopic (exact) mass is 534 g/mol. The van der Waals surface area contributed by atoms with Crippen LogP contribution in [0, 0.1) is 6.92 Å². The van der Waals surface area contributed by atoms with Crippen molar-refractivity contribution in [1.29, 1.82) is 0 Å². The normalized spacial score (nSPS) is 15.1. The van der Waals surface area contributed by atoms with Gasteiger partial charge in [-0.15, -0.1) is 10.2 Å². The van der Waals surface area contributed by atoms with Crippen molar-refractivity contribution in [3.63, 3.8) is 0 Å². The number of tetrazole rings is 1. The number of rotatable bonds is 7. The molecule has 1 fully saturated rings. The van der Waals surface area contributed by atoms with Crippen molar-refractivity contribution in [2.75, 3.05) is 41.4 Å². The number of carbonyl (C=O) groups is 2. The van der Waals surface area contributed by atoms with E-state index < -0.39 is 5.97 Å². The van der Waals surface area contributed by atoms with Crippen LogP contribution in [0.2, 0.25) is 0 Å². The van der Waals surface area contributed by atoms with Gasteiger partial charge in [-0.3, -0.25) is 15.0 Å². The average Bonchev–Trinajstić information content (AvgIpc) is 3.65. The first-order chi connectivity index (χ1) is 18.5.